The number of para-hydroxylation sites is 1. The summed E-state index contributed by atoms with van der Waals surface area (Å²) in [5, 5.41) is 12.6. The molecule has 0 bridgehead atoms. The van der Waals surface area contributed by atoms with Crippen molar-refractivity contribution >= 4 is 65.0 Å². The summed E-state index contributed by atoms with van der Waals surface area (Å²) in [7, 11) is 0. The molecule has 14 rings (SSSR count). The average molecular weight is 733 g/mol. The minimum atomic E-state index is -0.457. The smallest absolute Gasteiger partial charge is 0.135 e. The first-order valence-electron chi connectivity index (χ1n) is 20.2. The van der Waals surface area contributed by atoms with Crippen molar-refractivity contribution in [2.24, 2.45) is 0 Å². The van der Waals surface area contributed by atoms with E-state index in [1.54, 1.807) is 0 Å². The summed E-state index contributed by atoms with van der Waals surface area (Å²) in [6.07, 6.45) is 0. The van der Waals surface area contributed by atoms with Crippen molar-refractivity contribution in [2.75, 3.05) is 0 Å². The normalized spacial score (nSPS) is 13.7. The van der Waals surface area contributed by atoms with Gasteiger partial charge in [-0.1, -0.05) is 152 Å². The number of rotatable bonds is 2. The Balaban J connectivity index is 1.10. The van der Waals surface area contributed by atoms with E-state index < -0.39 is 5.41 Å². The molecule has 0 N–H and O–H groups in total. The monoisotopic (exact) mass is 732 g/mol. The summed E-state index contributed by atoms with van der Waals surface area (Å²) in [4.78, 5) is 0. The second-order valence-electron chi connectivity index (χ2n) is 16.3. The van der Waals surface area contributed by atoms with Crippen LogP contribution < -0.4 is 0 Å². The van der Waals surface area contributed by atoms with E-state index in [2.05, 4.69) is 194 Å². The van der Waals surface area contributed by atoms with Crippen LogP contribution in [0.25, 0.3) is 110 Å². The van der Waals surface area contributed by atoms with Crippen LogP contribution in [0.3, 0.4) is 0 Å². The summed E-state index contributed by atoms with van der Waals surface area (Å²) in [6, 6.07) is 72.8. The van der Waals surface area contributed by atoms with Crippen molar-refractivity contribution in [2.45, 2.75) is 5.41 Å². The quantitative estimate of drug-likeness (QED) is 0.161. The molecule has 11 aromatic carbocycles. The predicted octanol–water partition coefficient (Wildman–Crippen LogP) is 15.3. The van der Waals surface area contributed by atoms with Gasteiger partial charge in [0.25, 0.3) is 0 Å². The van der Waals surface area contributed by atoms with Crippen LogP contribution in [-0.4, -0.2) is 0 Å². The molecule has 1 aromatic heterocycles. The van der Waals surface area contributed by atoms with E-state index in [0.29, 0.717) is 0 Å². The molecule has 0 atom stereocenters. The van der Waals surface area contributed by atoms with Gasteiger partial charge in [0.1, 0.15) is 11.2 Å². The molecule has 58 heavy (non-hydrogen) atoms. The summed E-state index contributed by atoms with van der Waals surface area (Å²) < 4.78 is 6.37. The van der Waals surface area contributed by atoms with Crippen molar-refractivity contribution in [3.8, 4) is 44.5 Å². The van der Waals surface area contributed by atoms with E-state index >= 15 is 0 Å². The molecule has 2 aliphatic carbocycles. The maximum atomic E-state index is 6.37. The Morgan fingerprint density at radius 3 is 1.60 bits per heavy atom. The van der Waals surface area contributed by atoms with Crippen molar-refractivity contribution in [3.63, 3.8) is 0 Å². The largest absolute Gasteiger partial charge is 0.456 e. The number of benzene rings is 11. The number of fused-ring (bicyclic) bond motifs is 14. The topological polar surface area (TPSA) is 13.1 Å². The lowest BCUT2D eigenvalue weighted by Gasteiger charge is -2.31. The Hall–Kier alpha value is -7.48. The lowest BCUT2D eigenvalue weighted by Crippen LogP contribution is -2.25. The highest BCUT2D eigenvalue weighted by atomic mass is 16.3. The molecule has 1 heteroatoms. The molecule has 266 valence electrons. The Labute approximate surface area is 334 Å². The fourth-order valence-electron chi connectivity index (χ4n) is 11.3. The van der Waals surface area contributed by atoms with Gasteiger partial charge >= 0.3 is 0 Å². The van der Waals surface area contributed by atoms with Gasteiger partial charge < -0.3 is 4.42 Å². The lowest BCUT2D eigenvalue weighted by molar-refractivity contribution is 0.669. The fourth-order valence-corrected chi connectivity index (χ4v) is 11.3. The standard InChI is InChI=1S/C57H32O/c1-5-16-47-42(12-1)43-13-2-6-17-48(43)57(47)49-18-7-3-15-45(49)56-50(57)32-40-28-35(39-29-36-22-20-33-10-9-11-34-21-23-37(30-39)54(36)53(33)34)24-26-41(40)55(56)38-25-27-52-46(31-38)44-14-4-8-19-51(44)58-52/h1-32H. The molecule has 1 spiro atoms. The molecule has 0 saturated heterocycles. The summed E-state index contributed by atoms with van der Waals surface area (Å²) in [5.41, 5.74) is 16.9. The van der Waals surface area contributed by atoms with Gasteiger partial charge in [-0.15, -0.1) is 0 Å². The Kier molecular flexibility index (Phi) is 5.76. The molecule has 0 unspecified atom stereocenters. The number of hydrogen-bond donors (Lipinski definition) is 0. The number of hydrogen-bond acceptors (Lipinski definition) is 1. The van der Waals surface area contributed by atoms with Crippen LogP contribution in [-0.2, 0) is 5.41 Å². The van der Waals surface area contributed by atoms with Crippen molar-refractivity contribution in [3.05, 3.63) is 216 Å². The van der Waals surface area contributed by atoms with Crippen molar-refractivity contribution in [1.29, 1.82) is 0 Å². The highest BCUT2D eigenvalue weighted by Gasteiger charge is 2.52. The zero-order chi connectivity index (χ0) is 37.7. The Morgan fingerprint density at radius 1 is 0.293 bits per heavy atom. The molecule has 0 saturated carbocycles. The van der Waals surface area contributed by atoms with Crippen molar-refractivity contribution < 1.29 is 4.42 Å². The van der Waals surface area contributed by atoms with E-state index in [9.17, 15) is 0 Å². The van der Waals surface area contributed by atoms with E-state index in [4.69, 9.17) is 4.42 Å². The molecule has 2 aliphatic rings. The molecule has 1 heterocycles. The summed E-state index contributed by atoms with van der Waals surface area (Å²) in [6.45, 7) is 0. The molecule has 0 radical (unpaired) electrons. The Morgan fingerprint density at radius 2 is 0.862 bits per heavy atom. The Bertz CT molecular complexity index is 3640. The molecule has 0 amide bonds. The van der Waals surface area contributed by atoms with Gasteiger partial charge in [0, 0.05) is 10.8 Å². The van der Waals surface area contributed by atoms with Crippen LogP contribution >= 0.6 is 0 Å². The summed E-state index contributed by atoms with van der Waals surface area (Å²) in [5.74, 6) is 0. The zero-order valence-corrected chi connectivity index (χ0v) is 31.4. The zero-order valence-electron chi connectivity index (χ0n) is 31.4. The SMILES string of the molecule is c1ccc2c(c1)-c1ccccc1C21c2ccccc2-c2c1cc1cc(-c3cc4ccc5cccc6ccc(c3)c4c56)ccc1c2-c1ccc2oc3ccccc3c2c1. The fraction of sp³-hybridized carbons (Fsp3) is 0.0175. The lowest BCUT2D eigenvalue weighted by atomic mass is 9.70. The third-order valence-electron chi connectivity index (χ3n) is 13.6. The molecular formula is C57H32O. The minimum absolute atomic E-state index is 0.457. The molecule has 1 nitrogen and oxygen atoms in total. The highest BCUT2D eigenvalue weighted by molar-refractivity contribution is 6.24. The average Bonchev–Trinajstić information content (AvgIpc) is 3.91. The molecule has 12 aromatic rings. The third kappa shape index (κ3) is 3.77. The van der Waals surface area contributed by atoms with Crippen LogP contribution in [0.1, 0.15) is 22.3 Å². The van der Waals surface area contributed by atoms with Gasteiger partial charge in [0.2, 0.25) is 0 Å². The molecular weight excluding hydrogens is 701 g/mol. The van der Waals surface area contributed by atoms with Gasteiger partial charge in [-0.25, -0.2) is 0 Å². The number of furan rings is 1. The van der Waals surface area contributed by atoms with Gasteiger partial charge in [0.15, 0.2) is 0 Å². The van der Waals surface area contributed by atoms with E-state index in [1.165, 1.54) is 110 Å². The van der Waals surface area contributed by atoms with Gasteiger partial charge in [-0.2, -0.15) is 0 Å². The maximum absolute atomic E-state index is 6.37. The first kappa shape index (κ1) is 30.7. The van der Waals surface area contributed by atoms with Gasteiger partial charge in [-0.3, -0.25) is 0 Å². The van der Waals surface area contributed by atoms with Crippen molar-refractivity contribution in [1.82, 2.24) is 0 Å². The molecule has 0 fully saturated rings. The van der Waals surface area contributed by atoms with E-state index in [0.717, 1.165) is 21.9 Å². The third-order valence-corrected chi connectivity index (χ3v) is 13.6. The highest BCUT2D eigenvalue weighted by Crippen LogP contribution is 2.65. The van der Waals surface area contributed by atoms with Crippen LogP contribution in [0, 0.1) is 0 Å². The predicted molar refractivity (Wildman–Crippen MR) is 242 cm³/mol. The minimum Gasteiger partial charge on any atom is -0.456 e. The van der Waals surface area contributed by atoms with Gasteiger partial charge in [0.05, 0.1) is 5.41 Å². The summed E-state index contributed by atoms with van der Waals surface area (Å²) >= 11 is 0. The second-order valence-corrected chi connectivity index (χ2v) is 16.3. The van der Waals surface area contributed by atoms with Crippen LogP contribution in [0.15, 0.2) is 199 Å². The van der Waals surface area contributed by atoms with Crippen LogP contribution in [0.5, 0.6) is 0 Å². The van der Waals surface area contributed by atoms with Crippen LogP contribution in [0.2, 0.25) is 0 Å². The van der Waals surface area contributed by atoms with Crippen LogP contribution in [0.4, 0.5) is 0 Å². The first-order valence-corrected chi connectivity index (χ1v) is 20.2. The first-order chi connectivity index (χ1) is 28.7. The van der Waals surface area contributed by atoms with E-state index in [1.807, 2.05) is 0 Å². The van der Waals surface area contributed by atoms with Gasteiger partial charge in [-0.05, 0) is 152 Å². The maximum Gasteiger partial charge on any atom is 0.135 e. The molecule has 0 aliphatic heterocycles. The second kappa shape index (κ2) is 10.9. The van der Waals surface area contributed by atoms with E-state index in [-0.39, 0.29) is 0 Å².